The molecule has 7 nitrogen and oxygen atoms in total. The predicted molar refractivity (Wildman–Crippen MR) is 78.2 cm³/mol. The van der Waals surface area contributed by atoms with Crippen LogP contribution in [0.3, 0.4) is 0 Å². The van der Waals surface area contributed by atoms with Crippen molar-refractivity contribution in [3.05, 3.63) is 36.3 Å². The number of pyridine rings is 1. The maximum Gasteiger partial charge on any atom is 0.213 e. The van der Waals surface area contributed by atoms with E-state index < -0.39 is 0 Å². The van der Waals surface area contributed by atoms with Crippen molar-refractivity contribution in [2.75, 3.05) is 32.2 Å². The number of anilines is 1. The fourth-order valence-electron chi connectivity index (χ4n) is 1.73. The van der Waals surface area contributed by atoms with Gasteiger partial charge in [0.1, 0.15) is 6.61 Å². The van der Waals surface area contributed by atoms with Crippen LogP contribution < -0.4 is 10.1 Å². The lowest BCUT2D eigenvalue weighted by atomic mass is 10.3. The maximum atomic E-state index is 8.84. The van der Waals surface area contributed by atoms with Gasteiger partial charge in [0.25, 0.3) is 0 Å². The molecule has 0 aromatic carbocycles. The van der Waals surface area contributed by atoms with E-state index >= 15 is 0 Å². The van der Waals surface area contributed by atoms with E-state index in [1.54, 1.807) is 24.2 Å². The van der Waals surface area contributed by atoms with Crippen LogP contribution in [0.2, 0.25) is 0 Å². The van der Waals surface area contributed by atoms with Crippen LogP contribution in [-0.2, 0) is 17.8 Å². The van der Waals surface area contributed by atoms with Gasteiger partial charge < -0.3 is 19.9 Å². The third-order valence-corrected chi connectivity index (χ3v) is 2.79. The summed E-state index contributed by atoms with van der Waals surface area (Å²) in [5, 5.41) is 16.2. The van der Waals surface area contributed by atoms with Crippen molar-refractivity contribution in [2.45, 2.75) is 13.1 Å². The summed E-state index contributed by atoms with van der Waals surface area (Å²) < 4.78 is 12.0. The quantitative estimate of drug-likeness (QED) is 0.669. The highest BCUT2D eigenvalue weighted by molar-refractivity contribution is 5.42. The van der Waals surface area contributed by atoms with Crippen molar-refractivity contribution < 1.29 is 14.6 Å². The molecule has 2 N–H and O–H groups in total. The Morgan fingerprint density at radius 2 is 2.19 bits per heavy atom. The van der Waals surface area contributed by atoms with Crippen molar-refractivity contribution in [3.63, 3.8) is 0 Å². The molecule has 21 heavy (non-hydrogen) atoms. The summed E-state index contributed by atoms with van der Waals surface area (Å²) >= 11 is 0. The van der Waals surface area contributed by atoms with Crippen LogP contribution in [0, 0.1) is 0 Å². The van der Waals surface area contributed by atoms with E-state index in [0.29, 0.717) is 32.2 Å². The molecule has 2 heterocycles. The molecule has 114 valence electrons. The molecule has 0 spiro atoms. The molecule has 0 fully saturated rings. The second-order valence-electron chi connectivity index (χ2n) is 4.42. The summed E-state index contributed by atoms with van der Waals surface area (Å²) in [4.78, 5) is 4.20. The van der Waals surface area contributed by atoms with Crippen molar-refractivity contribution >= 4 is 5.69 Å². The highest BCUT2D eigenvalue weighted by atomic mass is 16.5. The molecule has 0 atom stereocenters. The summed E-state index contributed by atoms with van der Waals surface area (Å²) in [7, 11) is 1.63. The summed E-state index contributed by atoms with van der Waals surface area (Å²) in [5.41, 5.74) is 1.95. The Labute approximate surface area is 123 Å². The fourth-order valence-corrected chi connectivity index (χ4v) is 1.73. The molecule has 7 heteroatoms. The van der Waals surface area contributed by atoms with Gasteiger partial charge in [0.15, 0.2) is 0 Å². The zero-order valence-electron chi connectivity index (χ0n) is 12.0. The molecular formula is C14H20N4O3. The summed E-state index contributed by atoms with van der Waals surface area (Å²) in [6, 6.07) is 3.72. The lowest BCUT2D eigenvalue weighted by Gasteiger charge is -2.07. The number of rotatable bonds is 9. The highest BCUT2D eigenvalue weighted by Gasteiger charge is 2.00. The highest BCUT2D eigenvalue weighted by Crippen LogP contribution is 2.12. The number of aromatic nitrogens is 3. The summed E-state index contributed by atoms with van der Waals surface area (Å²) in [5.74, 6) is 0.577. The number of hydrogen-bond acceptors (Lipinski definition) is 6. The molecule has 2 rings (SSSR count). The van der Waals surface area contributed by atoms with Gasteiger partial charge >= 0.3 is 0 Å². The number of ether oxygens (including phenoxy) is 2. The standard InChI is InChI=1S/C14H20N4O3/c1-20-6-7-21-14-3-2-13(10-16-14)15-8-12-9-17-18(11-12)4-5-19/h2-3,9-11,15,19H,4-8H2,1H3. The molecule has 0 bridgehead atoms. The molecule has 0 aliphatic heterocycles. The van der Waals surface area contributed by atoms with Crippen LogP contribution in [0.5, 0.6) is 5.88 Å². The molecule has 0 aliphatic rings. The number of aliphatic hydroxyl groups excluding tert-OH is 1. The topological polar surface area (TPSA) is 81.4 Å². The first-order valence-electron chi connectivity index (χ1n) is 6.75. The van der Waals surface area contributed by atoms with Crippen molar-refractivity contribution in [1.82, 2.24) is 14.8 Å². The third-order valence-electron chi connectivity index (χ3n) is 2.79. The average Bonchev–Trinajstić information content (AvgIpc) is 2.95. The third kappa shape index (κ3) is 5.05. The van der Waals surface area contributed by atoms with Gasteiger partial charge in [-0.1, -0.05) is 0 Å². The van der Waals surface area contributed by atoms with E-state index in [-0.39, 0.29) is 6.61 Å². The SMILES string of the molecule is COCCOc1ccc(NCc2cnn(CCO)c2)cn1. The first kappa shape index (κ1) is 15.3. The van der Waals surface area contributed by atoms with E-state index in [1.165, 1.54) is 0 Å². The molecule has 0 radical (unpaired) electrons. The van der Waals surface area contributed by atoms with Crippen LogP contribution in [0.4, 0.5) is 5.69 Å². The van der Waals surface area contributed by atoms with E-state index in [1.807, 2.05) is 18.3 Å². The van der Waals surface area contributed by atoms with Crippen LogP contribution in [0.25, 0.3) is 0 Å². The first-order chi connectivity index (χ1) is 10.3. The van der Waals surface area contributed by atoms with Gasteiger partial charge in [-0.15, -0.1) is 0 Å². The van der Waals surface area contributed by atoms with E-state index in [0.717, 1.165) is 11.3 Å². The zero-order chi connectivity index (χ0) is 14.9. The predicted octanol–water partition coefficient (Wildman–Crippen LogP) is 0.908. The van der Waals surface area contributed by atoms with E-state index in [2.05, 4.69) is 15.4 Å². The molecule has 0 saturated carbocycles. The van der Waals surface area contributed by atoms with Gasteiger partial charge in [-0.25, -0.2) is 4.98 Å². The minimum atomic E-state index is 0.0863. The Balaban J connectivity index is 1.79. The van der Waals surface area contributed by atoms with Crippen LogP contribution in [-0.4, -0.2) is 46.8 Å². The molecule has 2 aromatic heterocycles. The Kier molecular flexibility index (Phi) is 5.99. The number of aliphatic hydroxyl groups is 1. The van der Waals surface area contributed by atoms with Crippen molar-refractivity contribution in [3.8, 4) is 5.88 Å². The lowest BCUT2D eigenvalue weighted by molar-refractivity contribution is 0.144. The minimum Gasteiger partial charge on any atom is -0.475 e. The zero-order valence-corrected chi connectivity index (χ0v) is 12.0. The van der Waals surface area contributed by atoms with Crippen molar-refractivity contribution in [1.29, 1.82) is 0 Å². The fraction of sp³-hybridized carbons (Fsp3) is 0.429. The van der Waals surface area contributed by atoms with E-state index in [9.17, 15) is 0 Å². The summed E-state index contributed by atoms with van der Waals surface area (Å²) in [6.45, 7) is 2.27. The van der Waals surface area contributed by atoms with Gasteiger partial charge in [0.05, 0.1) is 37.8 Å². The van der Waals surface area contributed by atoms with Gasteiger partial charge in [0, 0.05) is 31.5 Å². The molecule has 0 amide bonds. The van der Waals surface area contributed by atoms with Gasteiger partial charge in [-0.3, -0.25) is 4.68 Å². The Hall–Kier alpha value is -2.12. The molecule has 0 saturated heterocycles. The Morgan fingerprint density at radius 1 is 1.29 bits per heavy atom. The monoisotopic (exact) mass is 292 g/mol. The first-order valence-corrected chi connectivity index (χ1v) is 6.75. The molecule has 0 aliphatic carbocycles. The second kappa shape index (κ2) is 8.23. The largest absolute Gasteiger partial charge is 0.475 e. The van der Waals surface area contributed by atoms with Crippen LogP contribution in [0.1, 0.15) is 5.56 Å². The van der Waals surface area contributed by atoms with Gasteiger partial charge in [0.2, 0.25) is 5.88 Å². The van der Waals surface area contributed by atoms with E-state index in [4.69, 9.17) is 14.6 Å². The number of hydrogen-bond donors (Lipinski definition) is 2. The minimum absolute atomic E-state index is 0.0863. The van der Waals surface area contributed by atoms with Crippen molar-refractivity contribution in [2.24, 2.45) is 0 Å². The number of nitrogens with zero attached hydrogens (tertiary/aromatic N) is 3. The maximum absolute atomic E-state index is 8.84. The number of methoxy groups -OCH3 is 1. The smallest absolute Gasteiger partial charge is 0.213 e. The van der Waals surface area contributed by atoms with Crippen LogP contribution >= 0.6 is 0 Å². The Bertz CT molecular complexity index is 527. The van der Waals surface area contributed by atoms with Crippen LogP contribution in [0.15, 0.2) is 30.7 Å². The Morgan fingerprint density at radius 3 is 2.90 bits per heavy atom. The lowest BCUT2D eigenvalue weighted by Crippen LogP contribution is -2.05. The second-order valence-corrected chi connectivity index (χ2v) is 4.42. The number of nitrogens with one attached hydrogen (secondary N) is 1. The summed E-state index contributed by atoms with van der Waals surface area (Å²) in [6.07, 6.45) is 5.40. The molecule has 0 unspecified atom stereocenters. The van der Waals surface area contributed by atoms with Gasteiger partial charge in [-0.05, 0) is 6.07 Å². The molecule has 2 aromatic rings. The average molecular weight is 292 g/mol. The molecular weight excluding hydrogens is 272 g/mol. The normalized spacial score (nSPS) is 10.6. The van der Waals surface area contributed by atoms with Gasteiger partial charge in [-0.2, -0.15) is 5.10 Å².